The molecule has 1 nitrogen and oxygen atoms in total. The minimum atomic E-state index is -2.54. The highest BCUT2D eigenvalue weighted by Crippen LogP contribution is 2.27. The molecule has 0 fully saturated rings. The van der Waals surface area contributed by atoms with Crippen molar-refractivity contribution < 1.29 is 13.2 Å². The van der Waals surface area contributed by atoms with Gasteiger partial charge in [-0.25, -0.2) is 13.2 Å². The van der Waals surface area contributed by atoms with Crippen LogP contribution in [0, 0.1) is 5.82 Å². The Bertz CT molecular complexity index is 310. The van der Waals surface area contributed by atoms with Crippen LogP contribution in [-0.2, 0) is 5.54 Å². The lowest BCUT2D eigenvalue weighted by atomic mass is 9.92. The molecule has 1 unspecified atom stereocenters. The number of halogens is 3. The smallest absolute Gasteiger partial charge is 0.260 e. The quantitative estimate of drug-likeness (QED) is 0.817. The summed E-state index contributed by atoms with van der Waals surface area (Å²) in [5.41, 5.74) is -1.02. The predicted octanol–water partition coefficient (Wildman–Crippen LogP) is 2.92. The Kier molecular flexibility index (Phi) is 3.74. The highest BCUT2D eigenvalue weighted by Gasteiger charge is 2.35. The number of benzene rings is 1. The van der Waals surface area contributed by atoms with E-state index >= 15 is 0 Å². The molecular formula is C11H14F3N. The first-order valence-electron chi connectivity index (χ1n) is 4.80. The third kappa shape index (κ3) is 2.50. The molecule has 0 saturated carbocycles. The van der Waals surface area contributed by atoms with Gasteiger partial charge >= 0.3 is 0 Å². The number of nitrogens with one attached hydrogen (secondary N) is 1. The lowest BCUT2D eigenvalue weighted by Gasteiger charge is -2.30. The summed E-state index contributed by atoms with van der Waals surface area (Å²) >= 11 is 0. The second kappa shape index (κ2) is 4.66. The van der Waals surface area contributed by atoms with Gasteiger partial charge in [-0.3, -0.25) is 0 Å². The maximum Gasteiger partial charge on any atom is 0.260 e. The van der Waals surface area contributed by atoms with E-state index in [-0.39, 0.29) is 0 Å². The third-order valence-electron chi connectivity index (χ3n) is 2.42. The van der Waals surface area contributed by atoms with E-state index in [0.29, 0.717) is 12.1 Å². The van der Waals surface area contributed by atoms with E-state index in [1.807, 2.05) is 0 Å². The number of alkyl halides is 2. The van der Waals surface area contributed by atoms with E-state index in [4.69, 9.17) is 0 Å². The zero-order valence-electron chi connectivity index (χ0n) is 8.73. The molecular weight excluding hydrogens is 203 g/mol. The summed E-state index contributed by atoms with van der Waals surface area (Å²) in [6.07, 6.45) is -2.54. The van der Waals surface area contributed by atoms with Gasteiger partial charge in [-0.1, -0.05) is 19.1 Å². The Morgan fingerprint density at radius 1 is 1.27 bits per heavy atom. The van der Waals surface area contributed by atoms with E-state index in [2.05, 4.69) is 5.32 Å². The van der Waals surface area contributed by atoms with Crippen molar-refractivity contribution in [3.63, 3.8) is 0 Å². The first-order valence-corrected chi connectivity index (χ1v) is 4.80. The summed E-state index contributed by atoms with van der Waals surface area (Å²) in [6.45, 7) is 3.59. The Morgan fingerprint density at radius 2 is 1.80 bits per heavy atom. The lowest BCUT2D eigenvalue weighted by Crippen LogP contribution is -2.45. The average molecular weight is 217 g/mol. The highest BCUT2D eigenvalue weighted by molar-refractivity contribution is 5.25. The van der Waals surface area contributed by atoms with E-state index in [9.17, 15) is 13.2 Å². The lowest BCUT2D eigenvalue weighted by molar-refractivity contribution is 0.0394. The van der Waals surface area contributed by atoms with Gasteiger partial charge in [-0.2, -0.15) is 0 Å². The molecule has 0 spiro atoms. The Hall–Kier alpha value is -1.03. The van der Waals surface area contributed by atoms with Crippen LogP contribution in [0.4, 0.5) is 13.2 Å². The van der Waals surface area contributed by atoms with Crippen molar-refractivity contribution in [2.45, 2.75) is 25.8 Å². The average Bonchev–Trinajstić information content (AvgIpc) is 2.18. The van der Waals surface area contributed by atoms with Gasteiger partial charge in [0, 0.05) is 0 Å². The molecule has 0 radical (unpaired) electrons. The fourth-order valence-electron chi connectivity index (χ4n) is 1.47. The molecule has 0 amide bonds. The molecule has 0 aliphatic carbocycles. The Labute approximate surface area is 87.3 Å². The summed E-state index contributed by atoms with van der Waals surface area (Å²) in [5, 5.41) is 2.72. The zero-order chi connectivity index (χ0) is 11.5. The molecule has 1 aromatic carbocycles. The molecule has 0 aliphatic heterocycles. The van der Waals surface area contributed by atoms with Crippen molar-refractivity contribution in [3.8, 4) is 0 Å². The number of hydrogen-bond donors (Lipinski definition) is 1. The van der Waals surface area contributed by atoms with Crippen molar-refractivity contribution in [1.29, 1.82) is 0 Å². The normalized spacial score (nSPS) is 15.3. The van der Waals surface area contributed by atoms with Gasteiger partial charge in [0.2, 0.25) is 0 Å². The second-order valence-corrected chi connectivity index (χ2v) is 3.54. The maximum absolute atomic E-state index is 12.9. The molecule has 1 N–H and O–H groups in total. The van der Waals surface area contributed by atoms with Gasteiger partial charge in [0.05, 0.1) is 0 Å². The minimum absolute atomic E-state index is 0.390. The van der Waals surface area contributed by atoms with Crippen LogP contribution in [0.2, 0.25) is 0 Å². The molecule has 1 rings (SSSR count). The topological polar surface area (TPSA) is 12.0 Å². The summed E-state index contributed by atoms with van der Waals surface area (Å²) in [7, 11) is 0. The van der Waals surface area contributed by atoms with Crippen LogP contribution >= 0.6 is 0 Å². The van der Waals surface area contributed by atoms with E-state index in [1.165, 1.54) is 31.2 Å². The zero-order valence-corrected chi connectivity index (χ0v) is 8.73. The Morgan fingerprint density at radius 3 is 2.20 bits per heavy atom. The van der Waals surface area contributed by atoms with Gasteiger partial charge in [-0.15, -0.1) is 0 Å². The number of rotatable bonds is 4. The van der Waals surface area contributed by atoms with Crippen LogP contribution < -0.4 is 5.32 Å². The van der Waals surface area contributed by atoms with E-state index in [1.54, 1.807) is 6.92 Å². The van der Waals surface area contributed by atoms with Crippen LogP contribution in [0.25, 0.3) is 0 Å². The van der Waals surface area contributed by atoms with Crippen LogP contribution in [-0.4, -0.2) is 13.0 Å². The van der Waals surface area contributed by atoms with Crippen molar-refractivity contribution in [3.05, 3.63) is 35.6 Å². The molecule has 0 aromatic heterocycles. The van der Waals surface area contributed by atoms with Crippen molar-refractivity contribution in [1.82, 2.24) is 5.32 Å². The van der Waals surface area contributed by atoms with Crippen LogP contribution in [0.1, 0.15) is 19.4 Å². The van der Waals surface area contributed by atoms with Gasteiger partial charge in [0.15, 0.2) is 0 Å². The van der Waals surface area contributed by atoms with Gasteiger partial charge in [-0.05, 0) is 31.2 Å². The first-order chi connectivity index (χ1) is 7.00. The van der Waals surface area contributed by atoms with Gasteiger partial charge in [0.1, 0.15) is 11.4 Å². The molecule has 4 heteroatoms. The van der Waals surface area contributed by atoms with Crippen LogP contribution in [0.5, 0.6) is 0 Å². The van der Waals surface area contributed by atoms with Gasteiger partial charge < -0.3 is 5.32 Å². The number of hydrogen-bond acceptors (Lipinski definition) is 1. The fraction of sp³-hybridized carbons (Fsp3) is 0.455. The van der Waals surface area contributed by atoms with E-state index in [0.717, 1.165) is 0 Å². The molecule has 0 aliphatic rings. The third-order valence-corrected chi connectivity index (χ3v) is 2.42. The molecule has 15 heavy (non-hydrogen) atoms. The summed E-state index contributed by atoms with van der Waals surface area (Å²) in [4.78, 5) is 0. The van der Waals surface area contributed by atoms with Crippen molar-refractivity contribution in [2.24, 2.45) is 0 Å². The summed E-state index contributed by atoms with van der Waals surface area (Å²) in [5.74, 6) is -0.424. The SMILES string of the molecule is CCNC(C)(c1ccc(F)cc1)C(F)F. The van der Waals surface area contributed by atoms with E-state index < -0.39 is 17.8 Å². The standard InChI is InChI=1S/C11H14F3N/c1-3-15-11(2,10(13)14)8-4-6-9(12)7-5-8/h4-7,10,15H,3H2,1-2H3. The Balaban J connectivity index is 3.04. The molecule has 0 bridgehead atoms. The first kappa shape index (κ1) is 12.0. The second-order valence-electron chi connectivity index (χ2n) is 3.54. The highest BCUT2D eigenvalue weighted by atomic mass is 19.3. The van der Waals surface area contributed by atoms with Crippen molar-refractivity contribution >= 4 is 0 Å². The maximum atomic E-state index is 12.9. The van der Waals surface area contributed by atoms with Crippen LogP contribution in [0.15, 0.2) is 24.3 Å². The molecule has 0 saturated heterocycles. The molecule has 84 valence electrons. The fourth-order valence-corrected chi connectivity index (χ4v) is 1.47. The van der Waals surface area contributed by atoms with Gasteiger partial charge in [0.25, 0.3) is 6.43 Å². The van der Waals surface area contributed by atoms with Crippen LogP contribution in [0.3, 0.4) is 0 Å². The monoisotopic (exact) mass is 217 g/mol. The van der Waals surface area contributed by atoms with Crippen molar-refractivity contribution in [2.75, 3.05) is 6.54 Å². The predicted molar refractivity (Wildman–Crippen MR) is 53.4 cm³/mol. The molecule has 1 atom stereocenters. The largest absolute Gasteiger partial charge is 0.303 e. The summed E-state index contributed by atoms with van der Waals surface area (Å²) < 4.78 is 38.5. The molecule has 1 aromatic rings. The minimum Gasteiger partial charge on any atom is -0.303 e. The summed E-state index contributed by atoms with van der Waals surface area (Å²) in [6, 6.07) is 5.13. The molecule has 0 heterocycles.